The van der Waals surface area contributed by atoms with Gasteiger partial charge in [0.2, 0.25) is 0 Å². The third kappa shape index (κ3) is 5.92. The fourth-order valence-corrected chi connectivity index (χ4v) is 3.19. The Hall–Kier alpha value is -0.540. The number of rotatable bonds is 6. The number of piperazine rings is 1. The van der Waals surface area contributed by atoms with Crippen LogP contribution >= 0.6 is 35.3 Å². The van der Waals surface area contributed by atoms with Crippen LogP contribution in [0.25, 0.3) is 0 Å². The molecular weight excluding hydrogens is 411 g/mol. The van der Waals surface area contributed by atoms with Crippen LogP contribution in [0.5, 0.6) is 0 Å². The zero-order valence-electron chi connectivity index (χ0n) is 13.5. The van der Waals surface area contributed by atoms with Crippen LogP contribution in [0.3, 0.4) is 0 Å². The summed E-state index contributed by atoms with van der Waals surface area (Å²) in [5.41, 5.74) is 0. The van der Waals surface area contributed by atoms with Gasteiger partial charge < -0.3 is 19.9 Å². The molecule has 1 aromatic rings. The van der Waals surface area contributed by atoms with Gasteiger partial charge in [-0.2, -0.15) is 0 Å². The van der Waals surface area contributed by atoms with E-state index in [2.05, 4.69) is 39.6 Å². The van der Waals surface area contributed by atoms with Gasteiger partial charge in [-0.3, -0.25) is 4.99 Å². The number of nitrogens with one attached hydrogen (secondary N) is 1. The lowest BCUT2D eigenvalue weighted by Crippen LogP contribution is -2.52. The first kappa shape index (κ1) is 19.5. The first-order valence-electron chi connectivity index (χ1n) is 7.65. The average Bonchev–Trinajstić information content (AvgIpc) is 3.05. The van der Waals surface area contributed by atoms with Crippen LogP contribution in [0.2, 0.25) is 0 Å². The molecule has 0 saturated carbocycles. The van der Waals surface area contributed by atoms with Crippen LogP contribution in [0.1, 0.15) is 13.3 Å². The number of hydrogen-bond acceptors (Lipinski definition) is 4. The molecule has 1 aliphatic rings. The first-order valence-corrected chi connectivity index (χ1v) is 8.53. The first-order chi connectivity index (χ1) is 10.3. The fraction of sp³-hybridized carbons (Fsp3) is 0.667. The molecule has 1 N–H and O–H groups in total. The summed E-state index contributed by atoms with van der Waals surface area (Å²) < 4.78 is 5.08. The van der Waals surface area contributed by atoms with E-state index in [1.165, 1.54) is 5.00 Å². The van der Waals surface area contributed by atoms with Crippen LogP contribution < -0.4 is 10.2 Å². The van der Waals surface area contributed by atoms with Gasteiger partial charge >= 0.3 is 0 Å². The standard InChI is InChI=1S/C15H26N4OS.HI/c1-3-16-15(17-7-5-12-20-2)19-10-8-18(9-11-19)14-6-4-13-21-14;/h4,6,13H,3,5,7-12H2,1-2H3,(H,16,17);1H. The fourth-order valence-electron chi connectivity index (χ4n) is 2.41. The maximum absolute atomic E-state index is 5.08. The highest BCUT2D eigenvalue weighted by molar-refractivity contribution is 14.0. The van der Waals surface area contributed by atoms with Crippen molar-refractivity contribution in [2.75, 3.05) is 57.9 Å². The molecule has 1 aromatic heterocycles. The summed E-state index contributed by atoms with van der Waals surface area (Å²) in [6, 6.07) is 4.32. The number of anilines is 1. The molecule has 5 nitrogen and oxygen atoms in total. The van der Waals surface area contributed by atoms with Gasteiger partial charge in [0.1, 0.15) is 0 Å². The van der Waals surface area contributed by atoms with Crippen molar-refractivity contribution in [3.05, 3.63) is 17.5 Å². The molecule has 0 aliphatic carbocycles. The molecule has 0 spiro atoms. The molecule has 126 valence electrons. The number of nitrogens with zero attached hydrogens (tertiary/aromatic N) is 3. The predicted molar refractivity (Wildman–Crippen MR) is 106 cm³/mol. The molecule has 0 unspecified atom stereocenters. The zero-order valence-corrected chi connectivity index (χ0v) is 16.6. The molecule has 22 heavy (non-hydrogen) atoms. The molecule has 1 aliphatic heterocycles. The van der Waals surface area contributed by atoms with Gasteiger partial charge in [-0.1, -0.05) is 0 Å². The minimum absolute atomic E-state index is 0. The third-order valence-corrected chi connectivity index (χ3v) is 4.43. The van der Waals surface area contributed by atoms with E-state index in [9.17, 15) is 0 Å². The van der Waals surface area contributed by atoms with Gasteiger partial charge in [0.15, 0.2) is 5.96 Å². The number of ether oxygens (including phenoxy) is 1. The Morgan fingerprint density at radius 2 is 2.14 bits per heavy atom. The Labute approximate surface area is 154 Å². The summed E-state index contributed by atoms with van der Waals surface area (Å²) in [5.74, 6) is 1.04. The second-order valence-corrected chi connectivity index (χ2v) is 5.93. The zero-order chi connectivity index (χ0) is 14.9. The molecule has 0 bridgehead atoms. The smallest absolute Gasteiger partial charge is 0.194 e. The molecule has 0 aromatic carbocycles. The van der Waals surface area contributed by atoms with Crippen LogP contribution in [-0.2, 0) is 4.74 Å². The Morgan fingerprint density at radius 3 is 2.73 bits per heavy atom. The van der Waals surface area contributed by atoms with Crippen LogP contribution in [0.4, 0.5) is 5.00 Å². The number of methoxy groups -OCH3 is 1. The van der Waals surface area contributed by atoms with Gasteiger partial charge in [0.05, 0.1) is 5.00 Å². The summed E-state index contributed by atoms with van der Waals surface area (Å²) in [4.78, 5) is 9.51. The Morgan fingerprint density at radius 1 is 1.36 bits per heavy atom. The Kier molecular flexibility index (Phi) is 9.81. The van der Waals surface area contributed by atoms with Gasteiger partial charge in [-0.05, 0) is 30.9 Å². The highest BCUT2D eigenvalue weighted by Crippen LogP contribution is 2.22. The van der Waals surface area contributed by atoms with Crippen LogP contribution in [-0.4, -0.2) is 63.8 Å². The van der Waals surface area contributed by atoms with Crippen molar-refractivity contribution in [2.24, 2.45) is 4.99 Å². The normalized spacial score (nSPS) is 15.6. The maximum Gasteiger partial charge on any atom is 0.194 e. The minimum atomic E-state index is 0. The molecule has 0 atom stereocenters. The van der Waals surface area contributed by atoms with E-state index in [1.807, 2.05) is 11.3 Å². The van der Waals surface area contributed by atoms with Gasteiger partial charge in [0.25, 0.3) is 0 Å². The van der Waals surface area contributed by atoms with Gasteiger partial charge in [-0.25, -0.2) is 0 Å². The second-order valence-electron chi connectivity index (χ2n) is 5.01. The number of thiophene rings is 1. The third-order valence-electron chi connectivity index (χ3n) is 3.50. The van der Waals surface area contributed by atoms with E-state index < -0.39 is 0 Å². The summed E-state index contributed by atoms with van der Waals surface area (Å²) in [5, 5.41) is 6.91. The van der Waals surface area contributed by atoms with Crippen molar-refractivity contribution >= 4 is 46.3 Å². The Bertz CT molecular complexity index is 419. The van der Waals surface area contributed by atoms with Crippen molar-refractivity contribution in [3.8, 4) is 0 Å². The summed E-state index contributed by atoms with van der Waals surface area (Å²) in [6.45, 7) is 8.78. The highest BCUT2D eigenvalue weighted by Gasteiger charge is 2.20. The lowest BCUT2D eigenvalue weighted by atomic mass is 10.3. The van der Waals surface area contributed by atoms with Gasteiger partial charge in [0, 0.05) is 53.0 Å². The minimum Gasteiger partial charge on any atom is -0.385 e. The van der Waals surface area contributed by atoms with Crippen molar-refractivity contribution < 1.29 is 4.74 Å². The molecule has 0 radical (unpaired) electrons. The Balaban J connectivity index is 0.00000242. The number of halogens is 1. The lowest BCUT2D eigenvalue weighted by Gasteiger charge is -2.37. The van der Waals surface area contributed by atoms with Crippen molar-refractivity contribution in [3.63, 3.8) is 0 Å². The number of hydrogen-bond donors (Lipinski definition) is 1. The average molecular weight is 438 g/mol. The van der Waals surface area contributed by atoms with E-state index >= 15 is 0 Å². The molecule has 1 fully saturated rings. The van der Waals surface area contributed by atoms with E-state index in [-0.39, 0.29) is 24.0 Å². The molecular formula is C15H27IN4OS. The van der Waals surface area contributed by atoms with E-state index in [0.717, 1.165) is 58.3 Å². The maximum atomic E-state index is 5.08. The van der Waals surface area contributed by atoms with E-state index in [4.69, 9.17) is 9.73 Å². The largest absolute Gasteiger partial charge is 0.385 e. The molecule has 0 amide bonds. The van der Waals surface area contributed by atoms with Crippen LogP contribution in [0.15, 0.2) is 22.5 Å². The highest BCUT2D eigenvalue weighted by atomic mass is 127. The predicted octanol–water partition coefficient (Wildman–Crippen LogP) is 2.49. The van der Waals surface area contributed by atoms with Crippen molar-refractivity contribution in [2.45, 2.75) is 13.3 Å². The van der Waals surface area contributed by atoms with Gasteiger partial charge in [-0.15, -0.1) is 35.3 Å². The number of guanidine groups is 1. The summed E-state index contributed by atoms with van der Waals surface area (Å²) in [6.07, 6.45) is 0.973. The van der Waals surface area contributed by atoms with Crippen LogP contribution in [0, 0.1) is 0 Å². The molecule has 7 heteroatoms. The van der Waals surface area contributed by atoms with E-state index in [0.29, 0.717) is 0 Å². The topological polar surface area (TPSA) is 40.1 Å². The van der Waals surface area contributed by atoms with Crippen molar-refractivity contribution in [1.82, 2.24) is 10.2 Å². The molecule has 2 heterocycles. The summed E-state index contributed by atoms with van der Waals surface area (Å²) >= 11 is 1.82. The quantitative estimate of drug-likeness (QED) is 0.321. The van der Waals surface area contributed by atoms with E-state index in [1.54, 1.807) is 7.11 Å². The SMILES string of the molecule is CCNC(=NCCCOC)N1CCN(c2cccs2)CC1.I. The monoisotopic (exact) mass is 438 g/mol. The lowest BCUT2D eigenvalue weighted by molar-refractivity contribution is 0.197. The number of aliphatic imine (C=N–C) groups is 1. The molecule has 2 rings (SSSR count). The second kappa shape index (κ2) is 11.1. The summed E-state index contributed by atoms with van der Waals surface area (Å²) in [7, 11) is 1.73. The van der Waals surface area contributed by atoms with Crippen molar-refractivity contribution in [1.29, 1.82) is 0 Å². The molecule has 1 saturated heterocycles.